The summed E-state index contributed by atoms with van der Waals surface area (Å²) in [6, 6.07) is 13.4. The second-order valence-electron chi connectivity index (χ2n) is 6.67. The number of amides is 2. The van der Waals surface area contributed by atoms with Gasteiger partial charge in [0, 0.05) is 11.1 Å². The zero-order valence-electron chi connectivity index (χ0n) is 17.1. The minimum absolute atomic E-state index is 0.365. The summed E-state index contributed by atoms with van der Waals surface area (Å²) >= 11 is 0. The fraction of sp³-hybridized carbons (Fsp3) is 0.182. The van der Waals surface area contributed by atoms with Crippen molar-refractivity contribution in [3.05, 3.63) is 82.7 Å². The van der Waals surface area contributed by atoms with Gasteiger partial charge >= 0.3 is 0 Å². The monoisotopic (exact) mass is 406 g/mol. The normalized spacial score (nSPS) is 12.0. The molecule has 0 atom stereocenters. The molecule has 30 heavy (non-hydrogen) atoms. The van der Waals surface area contributed by atoms with Crippen molar-refractivity contribution < 1.29 is 18.4 Å². The molecule has 2 heterocycles. The Labute approximate surface area is 173 Å². The number of nitrogens with one attached hydrogen (secondary N) is 2. The Bertz CT molecular complexity index is 1030. The van der Waals surface area contributed by atoms with Crippen molar-refractivity contribution in [2.45, 2.75) is 27.7 Å². The number of benzene rings is 1. The molecule has 3 aromatic rings. The first-order chi connectivity index (χ1) is 14.3. The van der Waals surface area contributed by atoms with Crippen molar-refractivity contribution in [2.75, 3.05) is 0 Å². The van der Waals surface area contributed by atoms with E-state index in [1.165, 1.54) is 0 Å². The first-order valence-corrected chi connectivity index (χ1v) is 9.26. The van der Waals surface area contributed by atoms with Crippen LogP contribution in [0.15, 0.2) is 67.6 Å². The summed E-state index contributed by atoms with van der Waals surface area (Å²) in [6.07, 6.45) is 0. The van der Waals surface area contributed by atoms with Gasteiger partial charge in [-0.3, -0.25) is 9.59 Å². The lowest BCUT2D eigenvalue weighted by Crippen LogP contribution is -2.21. The third-order valence-electron chi connectivity index (χ3n) is 4.25. The predicted octanol–water partition coefficient (Wildman–Crippen LogP) is 3.80. The molecule has 0 saturated carbocycles. The highest BCUT2D eigenvalue weighted by Crippen LogP contribution is 2.09. The van der Waals surface area contributed by atoms with Crippen LogP contribution in [-0.4, -0.2) is 23.2 Å². The number of hydrogen-bond donors (Lipinski definition) is 2. The first kappa shape index (κ1) is 20.8. The number of carbonyl (C=O) groups is 2. The van der Waals surface area contributed by atoms with E-state index >= 15 is 0 Å². The summed E-state index contributed by atoms with van der Waals surface area (Å²) in [5.41, 5.74) is 6.77. The van der Waals surface area contributed by atoms with E-state index in [0.29, 0.717) is 34.1 Å². The molecular weight excluding hydrogens is 384 g/mol. The second kappa shape index (κ2) is 9.04. The Morgan fingerprint density at radius 1 is 0.667 bits per heavy atom. The molecule has 3 rings (SSSR count). The van der Waals surface area contributed by atoms with Gasteiger partial charge in [-0.2, -0.15) is 10.2 Å². The molecule has 0 aliphatic carbocycles. The van der Waals surface area contributed by atoms with Crippen LogP contribution in [0.3, 0.4) is 0 Å². The van der Waals surface area contributed by atoms with Crippen LogP contribution >= 0.6 is 0 Å². The lowest BCUT2D eigenvalue weighted by atomic mass is 10.1. The van der Waals surface area contributed by atoms with Crippen LogP contribution in [0.2, 0.25) is 0 Å². The van der Waals surface area contributed by atoms with Crippen LogP contribution in [0, 0.1) is 13.8 Å². The Morgan fingerprint density at radius 3 is 1.33 bits per heavy atom. The van der Waals surface area contributed by atoms with Gasteiger partial charge < -0.3 is 8.83 Å². The summed E-state index contributed by atoms with van der Waals surface area (Å²) in [4.78, 5) is 24.5. The molecule has 154 valence electrons. The van der Waals surface area contributed by atoms with E-state index in [1.807, 2.05) is 26.0 Å². The predicted molar refractivity (Wildman–Crippen MR) is 113 cm³/mol. The number of hydrogen-bond acceptors (Lipinski definition) is 6. The number of hydrazone groups is 2. The Balaban J connectivity index is 1.59. The van der Waals surface area contributed by atoms with Crippen molar-refractivity contribution in [3.8, 4) is 0 Å². The largest absolute Gasteiger partial charge is 0.460 e. The van der Waals surface area contributed by atoms with Gasteiger partial charge in [0.25, 0.3) is 11.8 Å². The molecule has 1 aromatic carbocycles. The Kier molecular flexibility index (Phi) is 6.26. The van der Waals surface area contributed by atoms with E-state index in [4.69, 9.17) is 8.83 Å². The maximum Gasteiger partial charge on any atom is 0.271 e. The van der Waals surface area contributed by atoms with Gasteiger partial charge in [0.05, 0.1) is 0 Å². The molecule has 0 aliphatic rings. The SMILES string of the molecule is C/C(=N\NC(=O)c1ccc(C(=O)N/N=C(\C)c2ccc(C)o2)cc1)c1ccc(C)o1. The molecule has 0 saturated heterocycles. The smallest absolute Gasteiger partial charge is 0.271 e. The molecule has 8 heteroatoms. The van der Waals surface area contributed by atoms with Crippen LogP contribution in [0.1, 0.15) is 57.6 Å². The Hall–Kier alpha value is -3.94. The van der Waals surface area contributed by atoms with Gasteiger partial charge in [-0.1, -0.05) is 0 Å². The zero-order chi connectivity index (χ0) is 21.7. The van der Waals surface area contributed by atoms with Crippen molar-refractivity contribution in [3.63, 3.8) is 0 Å². The van der Waals surface area contributed by atoms with Crippen LogP contribution in [0.5, 0.6) is 0 Å². The molecular formula is C22H22N4O4. The van der Waals surface area contributed by atoms with E-state index < -0.39 is 11.8 Å². The fourth-order valence-electron chi connectivity index (χ4n) is 2.54. The van der Waals surface area contributed by atoms with Crippen LogP contribution < -0.4 is 10.9 Å². The number of rotatable bonds is 6. The van der Waals surface area contributed by atoms with Crippen LogP contribution in [0.4, 0.5) is 0 Å². The molecule has 2 amide bonds. The van der Waals surface area contributed by atoms with Crippen molar-refractivity contribution in [1.82, 2.24) is 10.9 Å². The maximum atomic E-state index is 12.3. The van der Waals surface area contributed by atoms with Gasteiger partial charge in [0.2, 0.25) is 0 Å². The average Bonchev–Trinajstić information content (AvgIpc) is 3.38. The molecule has 0 unspecified atom stereocenters. The summed E-state index contributed by atoms with van der Waals surface area (Å²) in [5.74, 6) is 1.90. The van der Waals surface area contributed by atoms with Crippen molar-refractivity contribution in [1.29, 1.82) is 0 Å². The summed E-state index contributed by atoms with van der Waals surface area (Å²) in [6.45, 7) is 7.13. The van der Waals surface area contributed by atoms with E-state index in [2.05, 4.69) is 21.1 Å². The van der Waals surface area contributed by atoms with Gasteiger partial charge in [-0.15, -0.1) is 0 Å². The minimum atomic E-state index is -0.397. The van der Waals surface area contributed by atoms with Crippen molar-refractivity contribution >= 4 is 23.2 Å². The molecule has 0 aliphatic heterocycles. The lowest BCUT2D eigenvalue weighted by molar-refractivity contribution is 0.0943. The van der Waals surface area contributed by atoms with Gasteiger partial charge in [0.1, 0.15) is 34.5 Å². The van der Waals surface area contributed by atoms with Gasteiger partial charge in [-0.05, 0) is 76.2 Å². The number of nitrogens with zero attached hydrogens (tertiary/aromatic N) is 2. The second-order valence-corrected chi connectivity index (χ2v) is 6.67. The van der Waals surface area contributed by atoms with Gasteiger partial charge in [0.15, 0.2) is 0 Å². The lowest BCUT2D eigenvalue weighted by Gasteiger charge is -2.04. The summed E-state index contributed by atoms with van der Waals surface area (Å²) < 4.78 is 10.9. The van der Waals surface area contributed by atoms with E-state index in [1.54, 1.807) is 50.2 Å². The molecule has 0 fully saturated rings. The molecule has 8 nitrogen and oxygen atoms in total. The fourth-order valence-corrected chi connectivity index (χ4v) is 2.54. The Morgan fingerprint density at radius 2 is 1.03 bits per heavy atom. The maximum absolute atomic E-state index is 12.3. The molecule has 0 bridgehead atoms. The number of aryl methyl sites for hydroxylation is 2. The quantitative estimate of drug-likeness (QED) is 0.479. The van der Waals surface area contributed by atoms with Crippen LogP contribution in [0.25, 0.3) is 0 Å². The molecule has 0 radical (unpaired) electrons. The highest BCUT2D eigenvalue weighted by Gasteiger charge is 2.10. The highest BCUT2D eigenvalue weighted by atomic mass is 16.3. The highest BCUT2D eigenvalue weighted by molar-refractivity contribution is 6.01. The average molecular weight is 406 g/mol. The molecule has 2 aromatic heterocycles. The van der Waals surface area contributed by atoms with E-state index in [0.717, 1.165) is 11.5 Å². The third-order valence-corrected chi connectivity index (χ3v) is 4.25. The number of carbonyl (C=O) groups excluding carboxylic acids is 2. The third kappa shape index (κ3) is 5.11. The first-order valence-electron chi connectivity index (χ1n) is 9.26. The molecule has 0 spiro atoms. The topological polar surface area (TPSA) is 109 Å². The van der Waals surface area contributed by atoms with E-state index in [-0.39, 0.29) is 0 Å². The molecule has 2 N–H and O–H groups in total. The summed E-state index contributed by atoms with van der Waals surface area (Å²) in [7, 11) is 0. The standard InChI is InChI=1S/C22H22N4O4/c1-13-5-11-19(29-13)15(3)23-25-21(27)17-7-9-18(10-8-17)22(28)26-24-16(4)20-12-6-14(2)30-20/h5-12H,1-4H3,(H,25,27)(H,26,28)/b23-15+,24-16+. The van der Waals surface area contributed by atoms with Crippen molar-refractivity contribution in [2.24, 2.45) is 10.2 Å². The van der Waals surface area contributed by atoms with Crippen LogP contribution in [-0.2, 0) is 0 Å². The summed E-state index contributed by atoms with van der Waals surface area (Å²) in [5, 5.41) is 8.08. The van der Waals surface area contributed by atoms with E-state index in [9.17, 15) is 9.59 Å². The van der Waals surface area contributed by atoms with Gasteiger partial charge in [-0.25, -0.2) is 10.9 Å². The minimum Gasteiger partial charge on any atom is -0.460 e. The zero-order valence-corrected chi connectivity index (χ0v) is 17.1. The number of furan rings is 2.